The quantitative estimate of drug-likeness (QED) is 0.823. The zero-order chi connectivity index (χ0) is 16.6. The van der Waals surface area contributed by atoms with E-state index in [2.05, 4.69) is 21.2 Å². The first-order valence-electron chi connectivity index (χ1n) is 7.41. The van der Waals surface area contributed by atoms with E-state index >= 15 is 0 Å². The summed E-state index contributed by atoms with van der Waals surface area (Å²) in [6.45, 7) is 0.325. The molecule has 0 unspecified atom stereocenters. The van der Waals surface area contributed by atoms with Gasteiger partial charge in [-0.1, -0.05) is 15.9 Å². The highest BCUT2D eigenvalue weighted by Crippen LogP contribution is 2.26. The maximum Gasteiger partial charge on any atom is 0.227 e. The van der Waals surface area contributed by atoms with E-state index in [1.54, 1.807) is 4.90 Å². The number of nitrogens with zero attached hydrogens (tertiary/aromatic N) is 1. The summed E-state index contributed by atoms with van der Waals surface area (Å²) in [5.74, 6) is -0.649. The second-order valence-electron chi connectivity index (χ2n) is 5.99. The van der Waals surface area contributed by atoms with Crippen LogP contribution in [0.1, 0.15) is 12.8 Å². The summed E-state index contributed by atoms with van der Waals surface area (Å²) in [7, 11) is -3.03. The minimum absolute atomic E-state index is 0.00413. The molecule has 2 saturated heterocycles. The van der Waals surface area contributed by atoms with Gasteiger partial charge in [0.25, 0.3) is 0 Å². The van der Waals surface area contributed by atoms with Crippen LogP contribution in [0.2, 0.25) is 0 Å². The van der Waals surface area contributed by atoms with E-state index in [0.717, 1.165) is 10.2 Å². The van der Waals surface area contributed by atoms with Gasteiger partial charge >= 0.3 is 0 Å². The highest BCUT2D eigenvalue weighted by molar-refractivity contribution is 9.10. The summed E-state index contributed by atoms with van der Waals surface area (Å²) < 4.78 is 23.8. The largest absolute Gasteiger partial charge is 0.352 e. The van der Waals surface area contributed by atoms with Crippen LogP contribution in [0.3, 0.4) is 0 Å². The van der Waals surface area contributed by atoms with Crippen LogP contribution in [-0.2, 0) is 19.4 Å². The summed E-state index contributed by atoms with van der Waals surface area (Å²) in [5.41, 5.74) is 0.761. The molecule has 0 spiro atoms. The average molecular weight is 401 g/mol. The lowest BCUT2D eigenvalue weighted by Gasteiger charge is -2.18. The molecular formula is C15H17BrN2O4S. The highest BCUT2D eigenvalue weighted by atomic mass is 79.9. The number of benzene rings is 1. The van der Waals surface area contributed by atoms with E-state index in [9.17, 15) is 18.0 Å². The maximum absolute atomic E-state index is 12.3. The lowest BCUT2D eigenvalue weighted by Crippen LogP contribution is -2.40. The monoisotopic (exact) mass is 400 g/mol. The van der Waals surface area contributed by atoms with Gasteiger partial charge < -0.3 is 10.2 Å². The Balaban J connectivity index is 1.63. The fourth-order valence-corrected chi connectivity index (χ4v) is 4.92. The fraction of sp³-hybridized carbons (Fsp3) is 0.467. The third-order valence-corrected chi connectivity index (χ3v) is 6.51. The Morgan fingerprint density at radius 1 is 1.26 bits per heavy atom. The van der Waals surface area contributed by atoms with Crippen LogP contribution in [0.15, 0.2) is 28.7 Å². The number of nitrogens with one attached hydrogen (secondary N) is 1. The van der Waals surface area contributed by atoms with Crippen molar-refractivity contribution in [2.75, 3.05) is 23.0 Å². The van der Waals surface area contributed by atoms with Gasteiger partial charge in [-0.3, -0.25) is 9.59 Å². The molecule has 23 heavy (non-hydrogen) atoms. The van der Waals surface area contributed by atoms with Gasteiger partial charge in [0.2, 0.25) is 11.8 Å². The molecule has 0 aromatic heterocycles. The van der Waals surface area contributed by atoms with Gasteiger partial charge in [0.05, 0.1) is 17.4 Å². The van der Waals surface area contributed by atoms with E-state index in [1.165, 1.54) is 0 Å². The van der Waals surface area contributed by atoms with E-state index < -0.39 is 15.8 Å². The Morgan fingerprint density at radius 2 is 1.96 bits per heavy atom. The van der Waals surface area contributed by atoms with Crippen molar-refractivity contribution in [3.05, 3.63) is 28.7 Å². The van der Waals surface area contributed by atoms with Crippen molar-refractivity contribution in [2.45, 2.75) is 18.9 Å². The van der Waals surface area contributed by atoms with E-state index in [0.29, 0.717) is 13.0 Å². The minimum Gasteiger partial charge on any atom is -0.352 e. The lowest BCUT2D eigenvalue weighted by molar-refractivity contribution is -0.126. The standard InChI is InChI=1S/C15H17BrN2O4S/c16-11-1-3-13(4-2-11)18-8-10(7-14(18)19)15(20)17-12-5-6-23(21,22)9-12/h1-4,10,12H,5-9H2,(H,17,20)/t10-,12-/m0/s1. The first-order valence-corrected chi connectivity index (χ1v) is 10.0. The second-order valence-corrected chi connectivity index (χ2v) is 9.13. The number of hydrogen-bond acceptors (Lipinski definition) is 4. The molecule has 0 saturated carbocycles. The van der Waals surface area contributed by atoms with E-state index in [-0.39, 0.29) is 35.8 Å². The molecule has 8 heteroatoms. The number of carbonyl (C=O) groups is 2. The van der Waals surface area contributed by atoms with Crippen LogP contribution >= 0.6 is 15.9 Å². The van der Waals surface area contributed by atoms with Gasteiger partial charge in [-0.15, -0.1) is 0 Å². The Morgan fingerprint density at radius 3 is 2.57 bits per heavy atom. The summed E-state index contributed by atoms with van der Waals surface area (Å²) in [4.78, 5) is 26.0. The van der Waals surface area contributed by atoms with Crippen molar-refractivity contribution in [1.29, 1.82) is 0 Å². The Bertz CT molecular complexity index is 732. The second kappa shape index (κ2) is 6.24. The number of anilines is 1. The summed E-state index contributed by atoms with van der Waals surface area (Å²) in [6.07, 6.45) is 0.604. The minimum atomic E-state index is -3.03. The van der Waals surface area contributed by atoms with Crippen LogP contribution in [0.4, 0.5) is 5.69 Å². The molecule has 0 bridgehead atoms. The van der Waals surface area contributed by atoms with Gasteiger partial charge in [0.1, 0.15) is 0 Å². The van der Waals surface area contributed by atoms with Crippen LogP contribution in [-0.4, -0.2) is 44.3 Å². The number of halogens is 1. The van der Waals surface area contributed by atoms with Crippen molar-refractivity contribution in [2.24, 2.45) is 5.92 Å². The van der Waals surface area contributed by atoms with Crippen LogP contribution < -0.4 is 10.2 Å². The zero-order valence-electron chi connectivity index (χ0n) is 12.4. The van der Waals surface area contributed by atoms with Crippen molar-refractivity contribution in [3.63, 3.8) is 0 Å². The first kappa shape index (κ1) is 16.4. The van der Waals surface area contributed by atoms with Gasteiger partial charge in [-0.2, -0.15) is 0 Å². The predicted octanol–water partition coefficient (Wildman–Crippen LogP) is 1.11. The molecule has 0 radical (unpaired) electrons. The molecule has 1 aromatic carbocycles. The van der Waals surface area contributed by atoms with Gasteiger partial charge in [-0.05, 0) is 30.7 Å². The number of amides is 2. The van der Waals surface area contributed by atoms with E-state index in [1.807, 2.05) is 24.3 Å². The summed E-state index contributed by atoms with van der Waals surface area (Å²) in [6, 6.07) is 7.01. The van der Waals surface area contributed by atoms with Crippen LogP contribution in [0, 0.1) is 5.92 Å². The van der Waals surface area contributed by atoms with E-state index in [4.69, 9.17) is 0 Å². The molecule has 2 fully saturated rings. The Kier molecular flexibility index (Phi) is 4.46. The van der Waals surface area contributed by atoms with Crippen molar-refractivity contribution >= 4 is 43.3 Å². The number of hydrogen-bond donors (Lipinski definition) is 1. The fourth-order valence-electron chi connectivity index (χ4n) is 2.98. The number of sulfone groups is 1. The third-order valence-electron chi connectivity index (χ3n) is 4.21. The number of carbonyl (C=O) groups excluding carboxylic acids is 2. The molecule has 3 rings (SSSR count). The summed E-state index contributed by atoms with van der Waals surface area (Å²) in [5, 5.41) is 2.77. The summed E-state index contributed by atoms with van der Waals surface area (Å²) >= 11 is 3.35. The van der Waals surface area contributed by atoms with Crippen LogP contribution in [0.25, 0.3) is 0 Å². The van der Waals surface area contributed by atoms with Gasteiger partial charge in [0, 0.05) is 29.2 Å². The highest BCUT2D eigenvalue weighted by Gasteiger charge is 2.37. The van der Waals surface area contributed by atoms with Crippen molar-refractivity contribution in [3.8, 4) is 0 Å². The Hall–Kier alpha value is -1.41. The molecular weight excluding hydrogens is 384 g/mol. The predicted molar refractivity (Wildman–Crippen MR) is 89.8 cm³/mol. The SMILES string of the molecule is O=C(N[C@H]1CCS(=O)(=O)C1)[C@H]1CC(=O)N(c2ccc(Br)cc2)C1. The van der Waals surface area contributed by atoms with Gasteiger partial charge in [0.15, 0.2) is 9.84 Å². The van der Waals surface area contributed by atoms with Crippen LogP contribution in [0.5, 0.6) is 0 Å². The molecule has 2 atom stereocenters. The van der Waals surface area contributed by atoms with Gasteiger partial charge in [-0.25, -0.2) is 8.42 Å². The maximum atomic E-state index is 12.3. The third kappa shape index (κ3) is 3.74. The van der Waals surface area contributed by atoms with Crippen molar-refractivity contribution in [1.82, 2.24) is 5.32 Å². The molecule has 2 amide bonds. The molecule has 2 aliphatic heterocycles. The topological polar surface area (TPSA) is 83.5 Å². The van der Waals surface area contributed by atoms with Crippen molar-refractivity contribution < 1.29 is 18.0 Å². The normalized spacial score (nSPS) is 26.5. The molecule has 124 valence electrons. The molecule has 2 heterocycles. The molecule has 1 N–H and O–H groups in total. The molecule has 2 aliphatic rings. The smallest absolute Gasteiger partial charge is 0.227 e. The average Bonchev–Trinajstić information content (AvgIpc) is 3.03. The molecule has 0 aliphatic carbocycles. The molecule has 6 nitrogen and oxygen atoms in total. The lowest BCUT2D eigenvalue weighted by atomic mass is 10.1. The Labute approximate surface area is 143 Å². The number of rotatable bonds is 3. The molecule has 1 aromatic rings. The first-order chi connectivity index (χ1) is 10.8. The zero-order valence-corrected chi connectivity index (χ0v) is 14.8.